The second kappa shape index (κ2) is 6.88. The highest BCUT2D eigenvalue weighted by molar-refractivity contribution is 5.87. The maximum atomic E-state index is 15.2. The number of carbonyl (C=O) groups is 1. The van der Waals surface area contributed by atoms with Gasteiger partial charge in [0.15, 0.2) is 18.1 Å². The Kier molecular flexibility index (Phi) is 5.00. The first-order valence-corrected chi connectivity index (χ1v) is 8.37. The number of halogens is 2. The number of fused-ring (bicyclic) bond motifs is 1. The number of alkyl halides is 1. The van der Waals surface area contributed by atoms with Crippen LogP contribution in [-0.2, 0) is 20.0 Å². The van der Waals surface area contributed by atoms with Gasteiger partial charge in [-0.1, -0.05) is 13.8 Å². The molecule has 3 heterocycles. The third-order valence-corrected chi connectivity index (χ3v) is 4.63. The number of anilines is 1. The fourth-order valence-electron chi connectivity index (χ4n) is 3.07. The standard InChI is InChI=1S/C16H20F2N4O6/c1-7(2)14(26)27-5-15(18)10(24)11(25)16(4-23,28-15)22-3-8(17)9-12(19)20-6-21-13(9)22/h3,6-7,10-11,23-25H,4-5H2,1-2H3,(H2,19,20,21)/t10-,11+,15+,16+/m0/s1. The van der Waals surface area contributed by atoms with Crippen molar-refractivity contribution in [1.29, 1.82) is 0 Å². The lowest BCUT2D eigenvalue weighted by Gasteiger charge is -2.32. The fourth-order valence-corrected chi connectivity index (χ4v) is 3.07. The van der Waals surface area contributed by atoms with Crippen molar-refractivity contribution >= 4 is 22.8 Å². The van der Waals surface area contributed by atoms with E-state index in [2.05, 4.69) is 9.97 Å². The van der Waals surface area contributed by atoms with Gasteiger partial charge >= 0.3 is 5.97 Å². The minimum atomic E-state index is -3.07. The van der Waals surface area contributed by atoms with Crippen LogP contribution in [0.25, 0.3) is 11.0 Å². The van der Waals surface area contributed by atoms with Crippen LogP contribution >= 0.6 is 0 Å². The summed E-state index contributed by atoms with van der Waals surface area (Å²) in [5.41, 5.74) is 3.07. The number of nitrogens with zero attached hydrogens (tertiary/aromatic N) is 3. The van der Waals surface area contributed by atoms with Crippen LogP contribution in [0.2, 0.25) is 0 Å². The highest BCUT2D eigenvalue weighted by atomic mass is 19.2. The Hall–Kier alpha value is -2.41. The minimum absolute atomic E-state index is 0.200. The molecule has 0 amide bonds. The smallest absolute Gasteiger partial charge is 0.308 e. The van der Waals surface area contributed by atoms with Crippen molar-refractivity contribution in [1.82, 2.24) is 14.5 Å². The predicted molar refractivity (Wildman–Crippen MR) is 89.7 cm³/mol. The van der Waals surface area contributed by atoms with Crippen molar-refractivity contribution in [2.24, 2.45) is 5.92 Å². The zero-order valence-electron chi connectivity index (χ0n) is 15.0. The number of hydrogen-bond donors (Lipinski definition) is 4. The molecule has 154 valence electrons. The molecule has 10 nitrogen and oxygen atoms in total. The van der Waals surface area contributed by atoms with Crippen molar-refractivity contribution in [3.63, 3.8) is 0 Å². The van der Waals surface area contributed by atoms with E-state index >= 15 is 4.39 Å². The van der Waals surface area contributed by atoms with E-state index < -0.39 is 54.7 Å². The number of nitrogens with two attached hydrogens (primary N) is 1. The van der Waals surface area contributed by atoms with E-state index in [0.717, 1.165) is 17.1 Å². The number of esters is 1. The minimum Gasteiger partial charge on any atom is -0.459 e. The topological polar surface area (TPSA) is 153 Å². The molecule has 5 N–H and O–H groups in total. The van der Waals surface area contributed by atoms with E-state index in [1.165, 1.54) is 13.8 Å². The second-order valence-electron chi connectivity index (χ2n) is 6.85. The second-order valence-corrected chi connectivity index (χ2v) is 6.85. The molecule has 0 aliphatic carbocycles. The van der Waals surface area contributed by atoms with Gasteiger partial charge in [0.05, 0.1) is 17.9 Å². The number of nitrogen functional groups attached to an aromatic ring is 1. The maximum Gasteiger partial charge on any atom is 0.308 e. The van der Waals surface area contributed by atoms with Crippen molar-refractivity contribution < 1.29 is 38.4 Å². The summed E-state index contributed by atoms with van der Waals surface area (Å²) in [6.45, 7) is 0.917. The zero-order valence-corrected chi connectivity index (χ0v) is 15.0. The highest BCUT2D eigenvalue weighted by Crippen LogP contribution is 2.44. The lowest BCUT2D eigenvalue weighted by Crippen LogP contribution is -2.48. The highest BCUT2D eigenvalue weighted by Gasteiger charge is 2.65. The zero-order chi connectivity index (χ0) is 20.9. The number of aromatic nitrogens is 3. The van der Waals surface area contributed by atoms with Crippen LogP contribution in [0, 0.1) is 11.7 Å². The van der Waals surface area contributed by atoms with E-state index in [-0.39, 0.29) is 16.9 Å². The molecule has 1 aliphatic heterocycles. The summed E-state index contributed by atoms with van der Waals surface area (Å²) in [7, 11) is 0. The van der Waals surface area contributed by atoms with Gasteiger partial charge in [-0.3, -0.25) is 9.36 Å². The molecule has 1 fully saturated rings. The molecule has 3 rings (SSSR count). The predicted octanol–water partition coefficient (Wildman–Crippen LogP) is -0.585. The SMILES string of the molecule is CC(C)C(=O)OC[C@@]1(F)O[C@@](CO)(n2cc(F)c3c(N)ncnc32)[C@H](O)[C@@H]1O. The van der Waals surface area contributed by atoms with Crippen LogP contribution in [0.3, 0.4) is 0 Å². The van der Waals surface area contributed by atoms with Crippen LogP contribution in [0.4, 0.5) is 14.6 Å². The van der Waals surface area contributed by atoms with E-state index in [0.29, 0.717) is 0 Å². The van der Waals surface area contributed by atoms with Gasteiger partial charge in [-0.25, -0.2) is 18.7 Å². The molecule has 0 spiro atoms. The Morgan fingerprint density at radius 3 is 2.71 bits per heavy atom. The number of carbonyl (C=O) groups excluding carboxylic acids is 1. The molecular weight excluding hydrogens is 382 g/mol. The molecule has 0 radical (unpaired) electrons. The molecule has 4 atom stereocenters. The van der Waals surface area contributed by atoms with Crippen molar-refractivity contribution in [3.05, 3.63) is 18.3 Å². The van der Waals surface area contributed by atoms with Crippen LogP contribution in [0.5, 0.6) is 0 Å². The summed E-state index contributed by atoms with van der Waals surface area (Å²) >= 11 is 0. The molecule has 1 saturated heterocycles. The van der Waals surface area contributed by atoms with Gasteiger partial charge in [0, 0.05) is 6.20 Å². The molecule has 0 unspecified atom stereocenters. The molecule has 12 heteroatoms. The Bertz CT molecular complexity index is 909. The third-order valence-electron chi connectivity index (χ3n) is 4.63. The molecule has 1 aliphatic rings. The molecule has 0 aromatic carbocycles. The van der Waals surface area contributed by atoms with Crippen LogP contribution in [0.15, 0.2) is 12.5 Å². The lowest BCUT2D eigenvalue weighted by molar-refractivity contribution is -0.257. The Balaban J connectivity index is 2.05. The quantitative estimate of drug-likeness (QED) is 0.481. The first-order chi connectivity index (χ1) is 13.1. The summed E-state index contributed by atoms with van der Waals surface area (Å²) < 4.78 is 40.4. The van der Waals surface area contributed by atoms with Gasteiger partial charge in [-0.15, -0.1) is 0 Å². The first-order valence-electron chi connectivity index (χ1n) is 8.37. The number of rotatable bonds is 5. The maximum absolute atomic E-state index is 15.2. The van der Waals surface area contributed by atoms with Crippen LogP contribution in [0.1, 0.15) is 13.8 Å². The van der Waals surface area contributed by atoms with Gasteiger partial charge in [0.25, 0.3) is 5.85 Å². The number of aliphatic hydroxyl groups excluding tert-OH is 3. The van der Waals surface area contributed by atoms with E-state index in [9.17, 15) is 24.5 Å². The van der Waals surface area contributed by atoms with E-state index in [1.807, 2.05) is 0 Å². The van der Waals surface area contributed by atoms with E-state index in [1.54, 1.807) is 0 Å². The number of hydrogen-bond acceptors (Lipinski definition) is 9. The summed E-state index contributed by atoms with van der Waals surface area (Å²) in [6.07, 6.45) is -2.50. The first kappa shape index (κ1) is 20.3. The monoisotopic (exact) mass is 402 g/mol. The summed E-state index contributed by atoms with van der Waals surface area (Å²) in [5.74, 6) is -5.54. The van der Waals surface area contributed by atoms with Crippen molar-refractivity contribution in [2.45, 2.75) is 37.6 Å². The van der Waals surface area contributed by atoms with Gasteiger partial charge in [-0.05, 0) is 0 Å². The van der Waals surface area contributed by atoms with Crippen molar-refractivity contribution in [2.75, 3.05) is 18.9 Å². The van der Waals surface area contributed by atoms with Crippen molar-refractivity contribution in [3.8, 4) is 0 Å². The summed E-state index contributed by atoms with van der Waals surface area (Å²) in [5, 5.41) is 30.4. The van der Waals surface area contributed by atoms with E-state index in [4.69, 9.17) is 15.2 Å². The Labute approximate surface area is 157 Å². The van der Waals surface area contributed by atoms with Gasteiger partial charge < -0.3 is 30.5 Å². The number of ether oxygens (including phenoxy) is 2. The van der Waals surface area contributed by atoms with Gasteiger partial charge in [0.2, 0.25) is 5.72 Å². The van der Waals surface area contributed by atoms with Crippen LogP contribution in [-0.4, -0.2) is 67.1 Å². The summed E-state index contributed by atoms with van der Waals surface area (Å²) in [4.78, 5) is 19.1. The van der Waals surface area contributed by atoms with Gasteiger partial charge in [0.1, 0.15) is 24.4 Å². The molecular formula is C16H20F2N4O6. The lowest BCUT2D eigenvalue weighted by atomic mass is 10.0. The van der Waals surface area contributed by atoms with Crippen LogP contribution < -0.4 is 5.73 Å². The molecule has 2 aromatic rings. The Morgan fingerprint density at radius 2 is 2.11 bits per heavy atom. The summed E-state index contributed by atoms with van der Waals surface area (Å²) in [6, 6.07) is 0. The van der Waals surface area contributed by atoms with Gasteiger partial charge in [-0.2, -0.15) is 0 Å². The number of aliphatic hydroxyl groups is 3. The largest absolute Gasteiger partial charge is 0.459 e. The fraction of sp³-hybridized carbons (Fsp3) is 0.562. The molecule has 2 aromatic heterocycles. The molecule has 0 bridgehead atoms. The average Bonchev–Trinajstić information content (AvgIpc) is 3.09. The normalized spacial score (nSPS) is 30.3. The Morgan fingerprint density at radius 1 is 1.43 bits per heavy atom. The average molecular weight is 402 g/mol. The molecule has 28 heavy (non-hydrogen) atoms. The molecule has 0 saturated carbocycles. The third kappa shape index (κ3) is 2.89.